The molecule has 5 heteroatoms. The van der Waals surface area contributed by atoms with Gasteiger partial charge >= 0.3 is 5.97 Å². The number of likely N-dealkylation sites (N-methyl/N-ethyl adjacent to an activating group) is 1. The quantitative estimate of drug-likeness (QED) is 0.542. The molecule has 0 saturated carbocycles. The molecule has 0 aliphatic carbocycles. The summed E-state index contributed by atoms with van der Waals surface area (Å²) in [5.74, 6) is -2.54. The third-order valence-corrected chi connectivity index (χ3v) is 2.89. The van der Waals surface area contributed by atoms with Crippen molar-refractivity contribution in [2.45, 2.75) is 12.5 Å². The van der Waals surface area contributed by atoms with Crippen molar-refractivity contribution < 1.29 is 18.7 Å². The molecule has 1 heterocycles. The van der Waals surface area contributed by atoms with Crippen LogP contribution in [0.1, 0.15) is 17.0 Å². The van der Waals surface area contributed by atoms with Crippen molar-refractivity contribution >= 4 is 11.9 Å². The van der Waals surface area contributed by atoms with Gasteiger partial charge in [0.2, 0.25) is 5.91 Å². The summed E-state index contributed by atoms with van der Waals surface area (Å²) in [4.78, 5) is 24.9. The number of rotatable bonds is 1. The highest BCUT2D eigenvalue weighted by molar-refractivity contribution is 6.04. The van der Waals surface area contributed by atoms with Crippen molar-refractivity contribution in [1.82, 2.24) is 4.90 Å². The van der Waals surface area contributed by atoms with Gasteiger partial charge in [-0.15, -0.1) is 0 Å². The van der Waals surface area contributed by atoms with Crippen molar-refractivity contribution in [3.8, 4) is 0 Å². The van der Waals surface area contributed by atoms with Gasteiger partial charge in [0, 0.05) is 13.6 Å². The van der Waals surface area contributed by atoms with E-state index in [0.29, 0.717) is 12.1 Å². The minimum Gasteiger partial charge on any atom is -0.468 e. The molecular formula is C12H12FNO3. The molecule has 1 atom stereocenters. The van der Waals surface area contributed by atoms with E-state index in [-0.39, 0.29) is 5.91 Å². The number of fused-ring (bicyclic) bond motifs is 1. The molecule has 0 N–H and O–H groups in total. The predicted molar refractivity (Wildman–Crippen MR) is 57.6 cm³/mol. The fraction of sp³-hybridized carbons (Fsp3) is 0.333. The average Bonchev–Trinajstić information content (AvgIpc) is 2.31. The number of methoxy groups -OCH3 is 1. The molecule has 90 valence electrons. The summed E-state index contributed by atoms with van der Waals surface area (Å²) in [6, 6.07) is 4.13. The normalized spacial score (nSPS) is 18.9. The van der Waals surface area contributed by atoms with Gasteiger partial charge in [-0.25, -0.2) is 4.39 Å². The number of carbonyl (C=O) groups excluding carboxylic acids is 2. The third kappa shape index (κ3) is 1.88. The van der Waals surface area contributed by atoms with E-state index >= 15 is 0 Å². The molecule has 2 rings (SSSR count). The first kappa shape index (κ1) is 11.6. The summed E-state index contributed by atoms with van der Waals surface area (Å²) >= 11 is 0. The van der Waals surface area contributed by atoms with Gasteiger partial charge in [-0.1, -0.05) is 6.07 Å². The number of benzene rings is 1. The Kier molecular flexibility index (Phi) is 2.83. The highest BCUT2D eigenvalue weighted by Crippen LogP contribution is 2.30. The summed E-state index contributed by atoms with van der Waals surface area (Å²) in [6.45, 7) is 0.377. The first-order chi connectivity index (χ1) is 8.04. The number of hydrogen-bond acceptors (Lipinski definition) is 3. The molecule has 0 aromatic heterocycles. The van der Waals surface area contributed by atoms with Crippen LogP contribution >= 0.6 is 0 Å². The number of halogens is 1. The summed E-state index contributed by atoms with van der Waals surface area (Å²) < 4.78 is 17.8. The maximum absolute atomic E-state index is 13.2. The summed E-state index contributed by atoms with van der Waals surface area (Å²) in [6.07, 6.45) is 0. The van der Waals surface area contributed by atoms with E-state index in [1.54, 1.807) is 13.1 Å². The highest BCUT2D eigenvalue weighted by atomic mass is 19.1. The third-order valence-electron chi connectivity index (χ3n) is 2.89. The molecular weight excluding hydrogens is 225 g/mol. The highest BCUT2D eigenvalue weighted by Gasteiger charge is 2.37. The molecule has 0 bridgehead atoms. The lowest BCUT2D eigenvalue weighted by Gasteiger charge is -2.30. The Bertz CT molecular complexity index is 487. The first-order valence-electron chi connectivity index (χ1n) is 5.15. The smallest absolute Gasteiger partial charge is 0.322 e. The number of carbonyl (C=O) groups is 2. The second kappa shape index (κ2) is 4.16. The number of nitrogens with zero attached hydrogens (tertiary/aromatic N) is 1. The van der Waals surface area contributed by atoms with Gasteiger partial charge in [-0.2, -0.15) is 0 Å². The largest absolute Gasteiger partial charge is 0.468 e. The van der Waals surface area contributed by atoms with E-state index in [1.165, 1.54) is 24.1 Å². The Morgan fingerprint density at radius 2 is 2.24 bits per heavy atom. The first-order valence-corrected chi connectivity index (χ1v) is 5.15. The molecule has 1 amide bonds. The summed E-state index contributed by atoms with van der Waals surface area (Å²) in [5, 5.41) is 0. The van der Waals surface area contributed by atoms with Gasteiger partial charge in [0.1, 0.15) is 5.82 Å². The minimum atomic E-state index is -1.05. The van der Waals surface area contributed by atoms with Crippen LogP contribution in [0.15, 0.2) is 18.2 Å². The predicted octanol–water partition coefficient (Wildman–Crippen LogP) is 1.05. The van der Waals surface area contributed by atoms with E-state index in [2.05, 4.69) is 4.74 Å². The molecule has 4 nitrogen and oxygen atoms in total. The van der Waals surface area contributed by atoms with Crippen LogP contribution in [0.4, 0.5) is 4.39 Å². The average molecular weight is 237 g/mol. The molecule has 1 aromatic rings. The molecule has 17 heavy (non-hydrogen) atoms. The Morgan fingerprint density at radius 1 is 1.53 bits per heavy atom. The van der Waals surface area contributed by atoms with Gasteiger partial charge in [0.15, 0.2) is 5.92 Å². The van der Waals surface area contributed by atoms with Crippen LogP contribution in [-0.2, 0) is 20.9 Å². The van der Waals surface area contributed by atoms with Gasteiger partial charge in [0.05, 0.1) is 7.11 Å². The summed E-state index contributed by atoms with van der Waals surface area (Å²) in [5.41, 5.74) is 1.17. The number of hydrogen-bond donors (Lipinski definition) is 0. The lowest BCUT2D eigenvalue weighted by atomic mass is 9.89. The van der Waals surface area contributed by atoms with Crippen LogP contribution in [0.5, 0.6) is 0 Å². The van der Waals surface area contributed by atoms with E-state index < -0.39 is 17.7 Å². The second-order valence-corrected chi connectivity index (χ2v) is 3.99. The number of esters is 1. The van der Waals surface area contributed by atoms with Crippen LogP contribution in [0.25, 0.3) is 0 Å². The Hall–Kier alpha value is -1.91. The van der Waals surface area contributed by atoms with Crippen molar-refractivity contribution in [2.75, 3.05) is 14.2 Å². The number of ether oxygens (including phenoxy) is 1. The van der Waals surface area contributed by atoms with Crippen LogP contribution in [0.3, 0.4) is 0 Å². The van der Waals surface area contributed by atoms with E-state index in [1.807, 2.05) is 0 Å². The summed E-state index contributed by atoms with van der Waals surface area (Å²) in [7, 11) is 2.81. The molecule has 1 aromatic carbocycles. The van der Waals surface area contributed by atoms with Gasteiger partial charge in [0.25, 0.3) is 0 Å². The van der Waals surface area contributed by atoms with Crippen LogP contribution < -0.4 is 0 Å². The maximum Gasteiger partial charge on any atom is 0.322 e. The lowest BCUT2D eigenvalue weighted by Crippen LogP contribution is -2.40. The van der Waals surface area contributed by atoms with Gasteiger partial charge in [-0.05, 0) is 23.3 Å². The van der Waals surface area contributed by atoms with Crippen LogP contribution in [0.2, 0.25) is 0 Å². The van der Waals surface area contributed by atoms with Crippen molar-refractivity contribution in [1.29, 1.82) is 0 Å². The lowest BCUT2D eigenvalue weighted by molar-refractivity contribution is -0.150. The Morgan fingerprint density at radius 3 is 2.88 bits per heavy atom. The maximum atomic E-state index is 13.2. The topological polar surface area (TPSA) is 46.6 Å². The Labute approximate surface area is 98.0 Å². The molecule has 1 unspecified atom stereocenters. The van der Waals surface area contributed by atoms with Crippen molar-refractivity contribution in [3.63, 3.8) is 0 Å². The van der Waals surface area contributed by atoms with E-state index in [4.69, 9.17) is 0 Å². The van der Waals surface area contributed by atoms with Gasteiger partial charge in [-0.3, -0.25) is 9.59 Å². The standard InChI is InChI=1S/C12H12FNO3/c1-14-6-7-3-4-8(13)5-9(7)10(11(14)15)12(16)17-2/h3-5,10H,6H2,1-2H3. The van der Waals surface area contributed by atoms with Gasteiger partial charge < -0.3 is 9.64 Å². The zero-order valence-corrected chi connectivity index (χ0v) is 9.57. The zero-order valence-electron chi connectivity index (χ0n) is 9.57. The van der Waals surface area contributed by atoms with Crippen molar-refractivity contribution in [3.05, 3.63) is 35.1 Å². The van der Waals surface area contributed by atoms with E-state index in [9.17, 15) is 14.0 Å². The minimum absolute atomic E-state index is 0.366. The molecule has 1 aliphatic rings. The van der Waals surface area contributed by atoms with Crippen LogP contribution in [0, 0.1) is 5.82 Å². The number of amides is 1. The molecule has 1 aliphatic heterocycles. The van der Waals surface area contributed by atoms with Crippen LogP contribution in [-0.4, -0.2) is 30.9 Å². The van der Waals surface area contributed by atoms with Crippen molar-refractivity contribution in [2.24, 2.45) is 0 Å². The molecule has 0 saturated heterocycles. The molecule has 0 fully saturated rings. The molecule has 0 spiro atoms. The van der Waals surface area contributed by atoms with E-state index in [0.717, 1.165) is 5.56 Å². The fourth-order valence-electron chi connectivity index (χ4n) is 2.01. The fourth-order valence-corrected chi connectivity index (χ4v) is 2.01. The Balaban J connectivity index is 2.54. The second-order valence-electron chi connectivity index (χ2n) is 3.99. The molecule has 0 radical (unpaired) electrons. The zero-order chi connectivity index (χ0) is 12.6. The monoisotopic (exact) mass is 237 g/mol. The SMILES string of the molecule is COC(=O)C1C(=O)N(C)Cc2ccc(F)cc21.